The molecule has 3 aromatic rings. The first-order chi connectivity index (χ1) is 15.1. The van der Waals surface area contributed by atoms with Gasteiger partial charge in [-0.25, -0.2) is 5.43 Å². The number of nitrogens with zero attached hydrogens (tertiary/aromatic N) is 1. The van der Waals surface area contributed by atoms with Crippen molar-refractivity contribution in [2.24, 2.45) is 5.10 Å². The summed E-state index contributed by atoms with van der Waals surface area (Å²) in [5.41, 5.74) is 4.21. The van der Waals surface area contributed by atoms with Crippen LogP contribution >= 0.6 is 0 Å². The second kappa shape index (κ2) is 10.9. The molecule has 0 heterocycles. The molecule has 0 unspecified atom stereocenters. The number of hydrazone groups is 1. The van der Waals surface area contributed by atoms with Crippen molar-refractivity contribution >= 4 is 24.1 Å². The smallest absolute Gasteiger partial charge is 0.287 e. The van der Waals surface area contributed by atoms with Crippen LogP contribution in [0.4, 0.5) is 0 Å². The molecule has 0 aliphatic rings. The van der Waals surface area contributed by atoms with Crippen molar-refractivity contribution in [3.8, 4) is 5.75 Å². The molecule has 3 aromatic carbocycles. The summed E-state index contributed by atoms with van der Waals surface area (Å²) in [4.78, 5) is 25.1. The lowest BCUT2D eigenvalue weighted by Gasteiger charge is -2.08. The van der Waals surface area contributed by atoms with Crippen molar-refractivity contribution in [3.63, 3.8) is 0 Å². The van der Waals surface area contributed by atoms with Crippen molar-refractivity contribution < 1.29 is 14.7 Å². The zero-order valence-corrected chi connectivity index (χ0v) is 16.6. The van der Waals surface area contributed by atoms with Crippen molar-refractivity contribution in [1.29, 1.82) is 0 Å². The Labute approximate surface area is 180 Å². The zero-order valence-electron chi connectivity index (χ0n) is 16.6. The average Bonchev–Trinajstić information content (AvgIpc) is 2.81. The Bertz CT molecular complexity index is 1120. The lowest BCUT2D eigenvalue weighted by atomic mass is 10.2. The van der Waals surface area contributed by atoms with Crippen LogP contribution in [0, 0.1) is 0 Å². The maximum absolute atomic E-state index is 12.6. The molecule has 6 heteroatoms. The van der Waals surface area contributed by atoms with E-state index in [1.807, 2.05) is 36.4 Å². The Hall–Kier alpha value is -4.45. The molecule has 3 rings (SSSR count). The molecular formula is C25H21N3O3. The number of allylic oxidation sites excluding steroid dienone is 2. The summed E-state index contributed by atoms with van der Waals surface area (Å²) in [6.45, 7) is 0. The first kappa shape index (κ1) is 21.3. The van der Waals surface area contributed by atoms with Crippen LogP contribution in [0.25, 0.3) is 6.08 Å². The molecule has 0 aliphatic heterocycles. The van der Waals surface area contributed by atoms with Crippen LogP contribution < -0.4 is 10.7 Å². The molecule has 0 bridgehead atoms. The van der Waals surface area contributed by atoms with Gasteiger partial charge in [-0.3, -0.25) is 9.59 Å². The van der Waals surface area contributed by atoms with Gasteiger partial charge >= 0.3 is 0 Å². The number of carbonyl (C=O) groups excluding carboxylic acids is 2. The summed E-state index contributed by atoms with van der Waals surface area (Å²) in [6.07, 6.45) is 6.30. The molecule has 0 spiro atoms. The lowest BCUT2D eigenvalue weighted by molar-refractivity contribution is -0.117. The Morgan fingerprint density at radius 2 is 1.48 bits per heavy atom. The summed E-state index contributed by atoms with van der Waals surface area (Å²) in [7, 11) is 0. The van der Waals surface area contributed by atoms with Crippen LogP contribution in [0.2, 0.25) is 0 Å². The Morgan fingerprint density at radius 3 is 2.19 bits per heavy atom. The first-order valence-corrected chi connectivity index (χ1v) is 9.55. The summed E-state index contributed by atoms with van der Waals surface area (Å²) in [5, 5.41) is 16.3. The van der Waals surface area contributed by atoms with E-state index >= 15 is 0 Å². The van der Waals surface area contributed by atoms with Crippen molar-refractivity contribution in [3.05, 3.63) is 119 Å². The summed E-state index contributed by atoms with van der Waals surface area (Å²) >= 11 is 0. The number of carbonyl (C=O) groups is 2. The van der Waals surface area contributed by atoms with Gasteiger partial charge in [0, 0.05) is 11.1 Å². The number of aromatic hydroxyl groups is 1. The molecule has 154 valence electrons. The third kappa shape index (κ3) is 6.54. The van der Waals surface area contributed by atoms with Crippen LogP contribution in [0.1, 0.15) is 21.5 Å². The number of phenols is 1. The highest BCUT2D eigenvalue weighted by Gasteiger charge is 2.13. The molecule has 3 N–H and O–H groups in total. The van der Waals surface area contributed by atoms with Gasteiger partial charge in [-0.2, -0.15) is 5.10 Å². The van der Waals surface area contributed by atoms with E-state index < -0.39 is 11.8 Å². The van der Waals surface area contributed by atoms with Crippen LogP contribution in [0.5, 0.6) is 5.75 Å². The Kier molecular flexibility index (Phi) is 7.49. The van der Waals surface area contributed by atoms with Crippen LogP contribution in [-0.2, 0) is 4.79 Å². The molecule has 6 nitrogen and oxygen atoms in total. The normalized spacial score (nSPS) is 11.5. The SMILES string of the molecule is O=C(NN=Cc1ccccc1O)C(=CC=Cc1ccccc1)NC(=O)c1ccccc1. The fourth-order valence-corrected chi connectivity index (χ4v) is 2.60. The molecule has 0 aromatic heterocycles. The number of hydrogen-bond acceptors (Lipinski definition) is 4. The van der Waals surface area contributed by atoms with Crippen molar-refractivity contribution in [2.75, 3.05) is 0 Å². The largest absolute Gasteiger partial charge is 0.507 e. The second-order valence-corrected chi connectivity index (χ2v) is 6.43. The van der Waals surface area contributed by atoms with Gasteiger partial charge in [-0.05, 0) is 35.9 Å². The molecule has 0 saturated carbocycles. The highest BCUT2D eigenvalue weighted by atomic mass is 16.3. The van der Waals surface area contributed by atoms with E-state index in [2.05, 4.69) is 15.8 Å². The highest BCUT2D eigenvalue weighted by molar-refractivity contribution is 6.03. The maximum Gasteiger partial charge on any atom is 0.287 e. The van der Waals surface area contributed by atoms with E-state index in [0.29, 0.717) is 11.1 Å². The van der Waals surface area contributed by atoms with Gasteiger partial charge in [-0.15, -0.1) is 0 Å². The van der Waals surface area contributed by atoms with Gasteiger partial charge in [-0.1, -0.05) is 72.8 Å². The molecular weight excluding hydrogens is 390 g/mol. The van der Waals surface area contributed by atoms with E-state index in [1.54, 1.807) is 54.6 Å². The monoisotopic (exact) mass is 411 g/mol. The summed E-state index contributed by atoms with van der Waals surface area (Å²) < 4.78 is 0. The zero-order chi connectivity index (χ0) is 21.9. The topological polar surface area (TPSA) is 90.8 Å². The van der Waals surface area contributed by atoms with E-state index in [0.717, 1.165) is 5.56 Å². The van der Waals surface area contributed by atoms with Crippen LogP contribution in [0.15, 0.2) is 108 Å². The fourth-order valence-electron chi connectivity index (χ4n) is 2.60. The van der Waals surface area contributed by atoms with Crippen molar-refractivity contribution in [2.45, 2.75) is 0 Å². The van der Waals surface area contributed by atoms with Crippen LogP contribution in [-0.4, -0.2) is 23.1 Å². The lowest BCUT2D eigenvalue weighted by Crippen LogP contribution is -2.32. The number of rotatable bonds is 7. The second-order valence-electron chi connectivity index (χ2n) is 6.43. The molecule has 0 atom stereocenters. The minimum Gasteiger partial charge on any atom is -0.507 e. The number of phenolic OH excluding ortho intramolecular Hbond substituents is 1. The number of para-hydroxylation sites is 1. The first-order valence-electron chi connectivity index (χ1n) is 9.55. The maximum atomic E-state index is 12.6. The fraction of sp³-hybridized carbons (Fsp3) is 0. The highest BCUT2D eigenvalue weighted by Crippen LogP contribution is 2.12. The molecule has 0 saturated heterocycles. The van der Waals surface area contributed by atoms with E-state index in [4.69, 9.17) is 0 Å². The number of nitrogens with one attached hydrogen (secondary N) is 2. The van der Waals surface area contributed by atoms with E-state index in [-0.39, 0.29) is 11.4 Å². The molecule has 0 fully saturated rings. The summed E-state index contributed by atoms with van der Waals surface area (Å²) in [5.74, 6) is -0.979. The minimum atomic E-state index is -0.603. The third-order valence-electron chi connectivity index (χ3n) is 4.19. The standard InChI is InChI=1S/C25H21N3O3/c29-23-17-8-7-15-21(23)18-26-28-25(31)22(16-9-12-19-10-3-1-4-11-19)27-24(30)20-13-5-2-6-14-20/h1-18,29H,(H,27,30)(H,28,31). The van der Waals surface area contributed by atoms with Crippen molar-refractivity contribution in [1.82, 2.24) is 10.7 Å². The number of amides is 2. The Morgan fingerprint density at radius 1 is 0.839 bits per heavy atom. The van der Waals surface area contributed by atoms with Gasteiger partial charge < -0.3 is 10.4 Å². The average molecular weight is 411 g/mol. The minimum absolute atomic E-state index is 0.0236. The van der Waals surface area contributed by atoms with Gasteiger partial charge in [0.1, 0.15) is 11.4 Å². The van der Waals surface area contributed by atoms with Gasteiger partial charge in [0.05, 0.1) is 6.21 Å². The predicted molar refractivity (Wildman–Crippen MR) is 121 cm³/mol. The van der Waals surface area contributed by atoms with Gasteiger partial charge in [0.2, 0.25) is 0 Å². The van der Waals surface area contributed by atoms with E-state index in [9.17, 15) is 14.7 Å². The number of hydrogen-bond donors (Lipinski definition) is 3. The third-order valence-corrected chi connectivity index (χ3v) is 4.19. The molecule has 0 radical (unpaired) electrons. The van der Waals surface area contributed by atoms with E-state index in [1.165, 1.54) is 18.4 Å². The quantitative estimate of drug-likeness (QED) is 0.239. The van der Waals surface area contributed by atoms with Crippen LogP contribution in [0.3, 0.4) is 0 Å². The Balaban J connectivity index is 1.76. The van der Waals surface area contributed by atoms with Gasteiger partial charge in [0.25, 0.3) is 11.8 Å². The molecule has 0 aliphatic carbocycles. The summed E-state index contributed by atoms with van der Waals surface area (Å²) in [6, 6.07) is 24.7. The predicted octanol–water partition coefficient (Wildman–Crippen LogP) is 3.87. The van der Waals surface area contributed by atoms with Gasteiger partial charge in [0.15, 0.2) is 0 Å². The molecule has 31 heavy (non-hydrogen) atoms. The molecule has 2 amide bonds. The number of benzene rings is 3.